The van der Waals surface area contributed by atoms with Gasteiger partial charge in [0, 0.05) is 18.2 Å². The van der Waals surface area contributed by atoms with Crippen LogP contribution < -0.4 is 4.99 Å². The summed E-state index contributed by atoms with van der Waals surface area (Å²) in [6, 6.07) is 8.60. The third-order valence-electron chi connectivity index (χ3n) is 2.84. The standard InChI is InChI=1S/C15H13F2NO/c1-9-4-3-5-10(2)14(9)15(19)18-13-7-11(16)6-12(17)8-13/h3-8H,1-2H3,(H,18,19)/p+1. The van der Waals surface area contributed by atoms with Crippen molar-refractivity contribution in [2.45, 2.75) is 13.8 Å². The first-order valence-electron chi connectivity index (χ1n) is 5.83. The molecule has 0 aromatic heterocycles. The molecule has 2 rings (SSSR count). The Kier molecular flexibility index (Phi) is 3.60. The van der Waals surface area contributed by atoms with Gasteiger partial charge in [0.05, 0.1) is 5.56 Å². The Bertz CT molecular complexity index is 610. The molecule has 2 aromatic carbocycles. The Labute approximate surface area is 110 Å². The van der Waals surface area contributed by atoms with E-state index in [4.69, 9.17) is 0 Å². The first-order valence-corrected chi connectivity index (χ1v) is 5.83. The summed E-state index contributed by atoms with van der Waals surface area (Å²) >= 11 is 0. The van der Waals surface area contributed by atoms with Crippen LogP contribution in [0.15, 0.2) is 36.4 Å². The largest absolute Gasteiger partial charge is 0.459 e. The lowest BCUT2D eigenvalue weighted by atomic mass is 10.0. The maximum Gasteiger partial charge on any atom is 0.372 e. The van der Waals surface area contributed by atoms with Crippen LogP contribution in [0.4, 0.5) is 14.5 Å². The van der Waals surface area contributed by atoms with Crippen LogP contribution in [0.25, 0.3) is 0 Å². The zero-order valence-electron chi connectivity index (χ0n) is 10.7. The number of hydrogen-bond acceptors (Lipinski definition) is 0. The first kappa shape index (κ1) is 13.2. The Hall–Kier alpha value is -2.23. The zero-order chi connectivity index (χ0) is 14.0. The summed E-state index contributed by atoms with van der Waals surface area (Å²) in [5, 5.41) is 10.1. The summed E-state index contributed by atoms with van der Waals surface area (Å²) < 4.78 is 26.1. The molecule has 98 valence electrons. The molecule has 4 heteroatoms. The minimum absolute atomic E-state index is 0.124. The highest BCUT2D eigenvalue weighted by atomic mass is 19.1. The van der Waals surface area contributed by atoms with E-state index < -0.39 is 11.6 Å². The topological polar surface area (TPSA) is 34.2 Å². The highest BCUT2D eigenvalue weighted by Crippen LogP contribution is 2.12. The van der Waals surface area contributed by atoms with Crippen molar-refractivity contribution in [2.24, 2.45) is 0 Å². The van der Waals surface area contributed by atoms with Crippen LogP contribution in [0, 0.1) is 25.5 Å². The van der Waals surface area contributed by atoms with Crippen LogP contribution in [-0.2, 0) is 0 Å². The molecule has 0 unspecified atom stereocenters. The number of benzene rings is 2. The SMILES string of the molecule is Cc1cccc(C)c1C(O)=[NH+]c1cc(F)cc(F)c1. The number of aliphatic hydroxyl groups is 1. The zero-order valence-corrected chi connectivity index (χ0v) is 10.7. The number of nitrogens with one attached hydrogen (secondary N) is 1. The molecule has 0 radical (unpaired) electrons. The third kappa shape index (κ3) is 2.96. The van der Waals surface area contributed by atoms with E-state index in [0.717, 1.165) is 29.3 Å². The monoisotopic (exact) mass is 262 g/mol. The smallest absolute Gasteiger partial charge is 0.372 e. The summed E-state index contributed by atoms with van der Waals surface area (Å²) in [6.45, 7) is 3.71. The molecule has 0 spiro atoms. The van der Waals surface area contributed by atoms with E-state index >= 15 is 0 Å². The fourth-order valence-electron chi connectivity index (χ4n) is 2.01. The fraction of sp³-hybridized carbons (Fsp3) is 0.133. The van der Waals surface area contributed by atoms with Crippen LogP contribution >= 0.6 is 0 Å². The number of aliphatic hydroxyl groups excluding tert-OH is 1. The van der Waals surface area contributed by atoms with Crippen molar-refractivity contribution in [1.29, 1.82) is 0 Å². The van der Waals surface area contributed by atoms with Crippen molar-refractivity contribution in [3.8, 4) is 0 Å². The molecule has 19 heavy (non-hydrogen) atoms. The van der Waals surface area contributed by atoms with Gasteiger partial charge >= 0.3 is 5.90 Å². The first-order chi connectivity index (χ1) is 8.97. The number of rotatable bonds is 2. The summed E-state index contributed by atoms with van der Waals surface area (Å²) in [5.74, 6) is -1.52. The molecule has 0 heterocycles. The van der Waals surface area contributed by atoms with Crippen LogP contribution in [0.5, 0.6) is 0 Å². The molecule has 0 saturated heterocycles. The highest BCUT2D eigenvalue weighted by molar-refractivity contribution is 5.91. The quantitative estimate of drug-likeness (QED) is 0.632. The molecule has 2 N–H and O–H groups in total. The third-order valence-corrected chi connectivity index (χ3v) is 2.84. The Morgan fingerprint density at radius 2 is 1.53 bits per heavy atom. The minimum atomic E-state index is -0.697. The van der Waals surface area contributed by atoms with Crippen molar-refractivity contribution < 1.29 is 18.9 Å². The van der Waals surface area contributed by atoms with Gasteiger partial charge in [-0.05, 0) is 25.0 Å². The van der Waals surface area contributed by atoms with Gasteiger partial charge in [0.1, 0.15) is 11.6 Å². The maximum atomic E-state index is 13.1. The van der Waals surface area contributed by atoms with Gasteiger partial charge in [-0.2, -0.15) is 4.99 Å². The van der Waals surface area contributed by atoms with E-state index in [9.17, 15) is 13.9 Å². The summed E-state index contributed by atoms with van der Waals surface area (Å²) in [4.78, 5) is 2.61. The van der Waals surface area contributed by atoms with Gasteiger partial charge < -0.3 is 5.11 Å². The molecule has 2 nitrogen and oxygen atoms in total. The van der Waals surface area contributed by atoms with Crippen molar-refractivity contribution >= 4 is 11.6 Å². The van der Waals surface area contributed by atoms with Crippen molar-refractivity contribution in [2.75, 3.05) is 0 Å². The summed E-state index contributed by atoms with van der Waals surface area (Å²) in [6.07, 6.45) is 0. The maximum absolute atomic E-state index is 13.1. The Morgan fingerprint density at radius 3 is 2.05 bits per heavy atom. The van der Waals surface area contributed by atoms with E-state index in [1.54, 1.807) is 0 Å². The average molecular weight is 262 g/mol. The second-order valence-electron chi connectivity index (χ2n) is 4.40. The van der Waals surface area contributed by atoms with E-state index in [-0.39, 0.29) is 11.6 Å². The average Bonchev–Trinajstić information content (AvgIpc) is 2.26. The van der Waals surface area contributed by atoms with Gasteiger partial charge in [-0.25, -0.2) is 8.78 Å². The van der Waals surface area contributed by atoms with E-state index in [0.29, 0.717) is 5.56 Å². The molecular formula is C15H14F2NO+. The predicted octanol–water partition coefficient (Wildman–Crippen LogP) is 2.30. The molecule has 0 amide bonds. The summed E-state index contributed by atoms with van der Waals surface area (Å²) in [7, 11) is 0. The predicted molar refractivity (Wildman–Crippen MR) is 69.6 cm³/mol. The molecule has 2 aromatic rings. The van der Waals surface area contributed by atoms with E-state index in [1.165, 1.54) is 0 Å². The van der Waals surface area contributed by atoms with Gasteiger partial charge in [0.25, 0.3) is 0 Å². The highest BCUT2D eigenvalue weighted by Gasteiger charge is 2.15. The lowest BCUT2D eigenvalue weighted by molar-refractivity contribution is -0.364. The van der Waals surface area contributed by atoms with Crippen molar-refractivity contribution in [3.05, 3.63) is 64.7 Å². The van der Waals surface area contributed by atoms with E-state index in [2.05, 4.69) is 4.99 Å². The normalized spacial score (nSPS) is 11.7. The van der Waals surface area contributed by atoms with E-state index in [1.807, 2.05) is 32.0 Å². The van der Waals surface area contributed by atoms with Gasteiger partial charge in [0.2, 0.25) is 5.69 Å². The second-order valence-corrected chi connectivity index (χ2v) is 4.40. The number of hydrogen-bond donors (Lipinski definition) is 2. The van der Waals surface area contributed by atoms with Crippen molar-refractivity contribution in [1.82, 2.24) is 0 Å². The van der Waals surface area contributed by atoms with Crippen LogP contribution in [0.3, 0.4) is 0 Å². The Balaban J connectivity index is 2.48. The van der Waals surface area contributed by atoms with Crippen molar-refractivity contribution in [3.63, 3.8) is 0 Å². The minimum Gasteiger partial charge on any atom is -0.459 e. The molecule has 0 aliphatic rings. The molecule has 0 saturated carbocycles. The number of aryl methyl sites for hydroxylation is 2. The Morgan fingerprint density at radius 1 is 1.00 bits per heavy atom. The molecule has 0 fully saturated rings. The molecule has 0 atom stereocenters. The van der Waals surface area contributed by atoms with Crippen LogP contribution in [0.2, 0.25) is 0 Å². The molecule has 0 aliphatic heterocycles. The summed E-state index contributed by atoms with van der Waals surface area (Å²) in [5.41, 5.74) is 2.55. The van der Waals surface area contributed by atoms with Gasteiger partial charge in [-0.1, -0.05) is 18.2 Å². The van der Waals surface area contributed by atoms with Crippen LogP contribution in [-0.4, -0.2) is 11.0 Å². The lowest BCUT2D eigenvalue weighted by Crippen LogP contribution is -2.67. The second kappa shape index (κ2) is 5.18. The molecule has 0 aliphatic carbocycles. The van der Waals surface area contributed by atoms with Gasteiger partial charge in [-0.15, -0.1) is 0 Å². The molecular weight excluding hydrogens is 248 g/mol. The lowest BCUT2D eigenvalue weighted by Gasteiger charge is -2.03. The van der Waals surface area contributed by atoms with Gasteiger partial charge in [0.15, 0.2) is 0 Å². The fourth-order valence-corrected chi connectivity index (χ4v) is 2.01. The number of halogens is 2. The van der Waals surface area contributed by atoms with Gasteiger partial charge in [-0.3, -0.25) is 0 Å². The van der Waals surface area contributed by atoms with Crippen LogP contribution in [0.1, 0.15) is 16.7 Å². The molecule has 0 bridgehead atoms.